The van der Waals surface area contributed by atoms with E-state index in [2.05, 4.69) is 42.0 Å². The van der Waals surface area contributed by atoms with Gasteiger partial charge in [-0.25, -0.2) is 0 Å². The summed E-state index contributed by atoms with van der Waals surface area (Å²) in [5, 5.41) is 17.3. The second-order valence-corrected chi connectivity index (χ2v) is 6.76. The zero-order valence-corrected chi connectivity index (χ0v) is 15.3. The average Bonchev–Trinajstić information content (AvgIpc) is 2.63. The molecular weight excluding hydrogens is 328 g/mol. The summed E-state index contributed by atoms with van der Waals surface area (Å²) in [5.74, 6) is 0. The number of rotatable bonds is 5. The first-order chi connectivity index (χ1) is 12.5. The highest BCUT2D eigenvalue weighted by atomic mass is 16.6. The largest absolute Gasteiger partial charge is 0.295 e. The molecule has 1 fully saturated rings. The van der Waals surface area contributed by atoms with Gasteiger partial charge in [0.1, 0.15) is 0 Å². The van der Waals surface area contributed by atoms with E-state index in [9.17, 15) is 10.1 Å². The lowest BCUT2D eigenvalue weighted by atomic mass is 10.1. The molecule has 0 aromatic heterocycles. The molecule has 6 heteroatoms. The first-order valence-corrected chi connectivity index (χ1v) is 8.83. The number of non-ortho nitro benzene ring substituents is 1. The number of nitro benzene ring substituents is 1. The molecule has 2 aromatic carbocycles. The molecule has 0 bridgehead atoms. The molecule has 26 heavy (non-hydrogen) atoms. The Bertz CT molecular complexity index is 811. The summed E-state index contributed by atoms with van der Waals surface area (Å²) in [4.78, 5) is 12.9. The van der Waals surface area contributed by atoms with Crippen LogP contribution in [0.1, 0.15) is 22.3 Å². The van der Waals surface area contributed by atoms with Crippen molar-refractivity contribution in [3.05, 3.63) is 74.8 Å². The second kappa shape index (κ2) is 8.10. The molecule has 0 aliphatic carbocycles. The lowest BCUT2D eigenvalue weighted by Crippen LogP contribution is -2.43. The molecular formula is C20H24N4O2. The fraction of sp³-hybridized carbons (Fsp3) is 0.350. The maximum Gasteiger partial charge on any atom is 0.270 e. The molecule has 1 aliphatic heterocycles. The number of aryl methyl sites for hydroxylation is 2. The van der Waals surface area contributed by atoms with Crippen molar-refractivity contribution >= 4 is 11.9 Å². The monoisotopic (exact) mass is 352 g/mol. The van der Waals surface area contributed by atoms with Gasteiger partial charge in [0.25, 0.3) is 5.69 Å². The molecule has 1 heterocycles. The van der Waals surface area contributed by atoms with E-state index in [1.165, 1.54) is 22.8 Å². The van der Waals surface area contributed by atoms with Crippen LogP contribution in [0.3, 0.4) is 0 Å². The van der Waals surface area contributed by atoms with Gasteiger partial charge in [-0.05, 0) is 25.0 Å². The van der Waals surface area contributed by atoms with E-state index < -0.39 is 0 Å². The normalized spacial score (nSPS) is 15.5. The van der Waals surface area contributed by atoms with Gasteiger partial charge in [-0.3, -0.25) is 20.0 Å². The molecule has 2 aromatic rings. The molecule has 1 aliphatic rings. The van der Waals surface area contributed by atoms with Gasteiger partial charge in [0.2, 0.25) is 0 Å². The van der Waals surface area contributed by atoms with Gasteiger partial charge >= 0.3 is 0 Å². The van der Waals surface area contributed by atoms with Crippen LogP contribution >= 0.6 is 0 Å². The molecule has 136 valence electrons. The lowest BCUT2D eigenvalue weighted by molar-refractivity contribution is -0.384. The van der Waals surface area contributed by atoms with E-state index in [1.807, 2.05) is 11.1 Å². The Morgan fingerprint density at radius 2 is 1.88 bits per heavy atom. The molecule has 0 amide bonds. The van der Waals surface area contributed by atoms with Crippen LogP contribution in [0.2, 0.25) is 0 Å². The maximum atomic E-state index is 10.8. The Morgan fingerprint density at radius 3 is 2.58 bits per heavy atom. The van der Waals surface area contributed by atoms with Crippen molar-refractivity contribution in [3.8, 4) is 0 Å². The highest BCUT2D eigenvalue weighted by molar-refractivity contribution is 5.80. The lowest BCUT2D eigenvalue weighted by Gasteiger charge is -2.33. The second-order valence-electron chi connectivity index (χ2n) is 6.76. The summed E-state index contributed by atoms with van der Waals surface area (Å²) in [6.45, 7) is 8.89. The van der Waals surface area contributed by atoms with Crippen LogP contribution in [-0.4, -0.2) is 47.2 Å². The molecule has 0 spiro atoms. The van der Waals surface area contributed by atoms with E-state index >= 15 is 0 Å². The Morgan fingerprint density at radius 1 is 1.12 bits per heavy atom. The molecule has 3 rings (SSSR count). The minimum Gasteiger partial charge on any atom is -0.295 e. The fourth-order valence-electron chi connectivity index (χ4n) is 3.14. The first-order valence-electron chi connectivity index (χ1n) is 8.83. The molecule has 1 saturated heterocycles. The van der Waals surface area contributed by atoms with Gasteiger partial charge in [-0.2, -0.15) is 5.10 Å². The number of benzene rings is 2. The molecule has 0 saturated carbocycles. The number of nitro groups is 1. The summed E-state index contributed by atoms with van der Waals surface area (Å²) in [7, 11) is 0. The van der Waals surface area contributed by atoms with Crippen LogP contribution in [0, 0.1) is 24.0 Å². The number of hydrogen-bond acceptors (Lipinski definition) is 5. The minimum atomic E-state index is -0.386. The number of hydrogen-bond donors (Lipinski definition) is 0. The molecule has 0 unspecified atom stereocenters. The Balaban J connectivity index is 1.53. The molecule has 0 atom stereocenters. The highest BCUT2D eigenvalue weighted by Crippen LogP contribution is 2.15. The Labute approximate surface area is 153 Å². The average molecular weight is 352 g/mol. The van der Waals surface area contributed by atoms with Crippen LogP contribution in [0.5, 0.6) is 0 Å². The van der Waals surface area contributed by atoms with Crippen molar-refractivity contribution in [1.82, 2.24) is 9.91 Å². The fourth-order valence-corrected chi connectivity index (χ4v) is 3.14. The van der Waals surface area contributed by atoms with Gasteiger partial charge in [0, 0.05) is 50.4 Å². The Kier molecular flexibility index (Phi) is 5.63. The van der Waals surface area contributed by atoms with Gasteiger partial charge in [0.05, 0.1) is 11.1 Å². The van der Waals surface area contributed by atoms with E-state index in [1.54, 1.807) is 18.3 Å². The van der Waals surface area contributed by atoms with Gasteiger partial charge < -0.3 is 0 Å². The Hall–Kier alpha value is -2.73. The highest BCUT2D eigenvalue weighted by Gasteiger charge is 2.16. The summed E-state index contributed by atoms with van der Waals surface area (Å²) < 4.78 is 0. The summed E-state index contributed by atoms with van der Waals surface area (Å²) in [5.41, 5.74) is 4.86. The quantitative estimate of drug-likeness (QED) is 0.470. The van der Waals surface area contributed by atoms with Crippen LogP contribution in [-0.2, 0) is 6.54 Å². The number of nitrogens with zero attached hydrogens (tertiary/aromatic N) is 4. The predicted octanol–water partition coefficient (Wildman–Crippen LogP) is 3.36. The summed E-state index contributed by atoms with van der Waals surface area (Å²) in [6.07, 6.45) is 1.70. The minimum absolute atomic E-state index is 0.0900. The standard InChI is InChI=1S/C20H24N4O2/c1-16-6-7-19(17(2)12-16)15-22-8-10-23(11-9-22)21-14-18-4-3-5-20(13-18)24(25)26/h3-7,12-14H,8-11,15H2,1-2H3/b21-14+. The predicted molar refractivity (Wildman–Crippen MR) is 103 cm³/mol. The third kappa shape index (κ3) is 4.67. The summed E-state index contributed by atoms with van der Waals surface area (Å²) >= 11 is 0. The van der Waals surface area contributed by atoms with Crippen molar-refractivity contribution in [2.75, 3.05) is 26.2 Å². The third-order valence-corrected chi connectivity index (χ3v) is 4.69. The van der Waals surface area contributed by atoms with E-state index in [-0.39, 0.29) is 10.6 Å². The van der Waals surface area contributed by atoms with Crippen molar-refractivity contribution in [2.24, 2.45) is 5.10 Å². The zero-order chi connectivity index (χ0) is 18.5. The molecule has 0 N–H and O–H groups in total. The summed E-state index contributed by atoms with van der Waals surface area (Å²) in [6, 6.07) is 13.2. The van der Waals surface area contributed by atoms with Gasteiger partial charge in [-0.1, -0.05) is 35.9 Å². The van der Waals surface area contributed by atoms with E-state index in [4.69, 9.17) is 0 Å². The number of piperazine rings is 1. The molecule has 6 nitrogen and oxygen atoms in total. The van der Waals surface area contributed by atoms with Crippen LogP contribution in [0.15, 0.2) is 47.6 Å². The van der Waals surface area contributed by atoms with E-state index in [0.717, 1.165) is 38.3 Å². The number of hydrazone groups is 1. The smallest absolute Gasteiger partial charge is 0.270 e. The van der Waals surface area contributed by atoms with Crippen molar-refractivity contribution < 1.29 is 4.92 Å². The first kappa shape index (κ1) is 18.1. The van der Waals surface area contributed by atoms with Gasteiger partial charge in [-0.15, -0.1) is 0 Å². The van der Waals surface area contributed by atoms with Gasteiger partial charge in [0.15, 0.2) is 0 Å². The van der Waals surface area contributed by atoms with Crippen molar-refractivity contribution in [2.45, 2.75) is 20.4 Å². The maximum absolute atomic E-state index is 10.8. The van der Waals surface area contributed by atoms with Crippen molar-refractivity contribution in [3.63, 3.8) is 0 Å². The van der Waals surface area contributed by atoms with E-state index in [0.29, 0.717) is 0 Å². The SMILES string of the molecule is Cc1ccc(CN2CCN(/N=C/c3cccc([N+](=O)[O-])c3)CC2)c(C)c1. The van der Waals surface area contributed by atoms with Crippen molar-refractivity contribution in [1.29, 1.82) is 0 Å². The van der Waals surface area contributed by atoms with Crippen LogP contribution < -0.4 is 0 Å². The zero-order valence-electron chi connectivity index (χ0n) is 15.3. The van der Waals surface area contributed by atoms with Crippen LogP contribution in [0.25, 0.3) is 0 Å². The molecule has 0 radical (unpaired) electrons. The topological polar surface area (TPSA) is 62.0 Å². The van der Waals surface area contributed by atoms with Crippen LogP contribution in [0.4, 0.5) is 5.69 Å². The third-order valence-electron chi connectivity index (χ3n) is 4.69.